The van der Waals surface area contributed by atoms with Gasteiger partial charge in [-0.15, -0.1) is 0 Å². The van der Waals surface area contributed by atoms with Gasteiger partial charge in [-0.3, -0.25) is 0 Å². The average Bonchev–Trinajstić information content (AvgIpc) is 2.07. The molecule has 3 nitrogen and oxygen atoms in total. The van der Waals surface area contributed by atoms with Gasteiger partial charge < -0.3 is 5.32 Å². The number of rotatable bonds is 4. The molecule has 60 valence electrons. The van der Waals surface area contributed by atoms with Crippen molar-refractivity contribution in [1.82, 2.24) is 15.3 Å². The third-order valence-electron chi connectivity index (χ3n) is 1.45. The fourth-order valence-electron chi connectivity index (χ4n) is 0.859. The van der Waals surface area contributed by atoms with Crippen LogP contribution in [-0.4, -0.2) is 23.1 Å². The summed E-state index contributed by atoms with van der Waals surface area (Å²) in [6, 6.07) is 1.94. The molecule has 0 amide bonds. The second-order valence-corrected chi connectivity index (χ2v) is 2.30. The van der Waals surface area contributed by atoms with Gasteiger partial charge in [-0.1, -0.05) is 6.92 Å². The second-order valence-electron chi connectivity index (χ2n) is 2.30. The predicted octanol–water partition coefficient (Wildman–Crippen LogP) is 0.629. The van der Waals surface area contributed by atoms with Crippen molar-refractivity contribution in [1.29, 1.82) is 0 Å². The molecule has 0 aliphatic carbocycles. The van der Waals surface area contributed by atoms with Crippen LogP contribution in [-0.2, 0) is 6.42 Å². The quantitative estimate of drug-likeness (QED) is 0.641. The molecule has 0 aromatic carbocycles. The number of nitrogens with one attached hydrogen (secondary N) is 1. The van der Waals surface area contributed by atoms with E-state index in [2.05, 4.69) is 22.2 Å². The maximum Gasteiger partial charge on any atom is 0.115 e. The van der Waals surface area contributed by atoms with Crippen molar-refractivity contribution in [2.75, 3.05) is 13.1 Å². The molecule has 1 N–H and O–H groups in total. The van der Waals surface area contributed by atoms with Crippen LogP contribution in [0, 0.1) is 0 Å². The van der Waals surface area contributed by atoms with E-state index in [1.165, 1.54) is 0 Å². The summed E-state index contributed by atoms with van der Waals surface area (Å²) in [6.45, 7) is 4.11. The van der Waals surface area contributed by atoms with E-state index in [1.807, 2.05) is 6.07 Å². The minimum absolute atomic E-state index is 0.982. The van der Waals surface area contributed by atoms with Crippen molar-refractivity contribution < 1.29 is 0 Å². The topological polar surface area (TPSA) is 37.8 Å². The first-order chi connectivity index (χ1) is 5.43. The Hall–Kier alpha value is -0.960. The first-order valence-corrected chi connectivity index (χ1v) is 3.89. The smallest absolute Gasteiger partial charge is 0.115 e. The first-order valence-electron chi connectivity index (χ1n) is 3.89. The number of hydrogen-bond acceptors (Lipinski definition) is 3. The molecule has 0 fully saturated rings. The summed E-state index contributed by atoms with van der Waals surface area (Å²) in [5, 5.41) is 3.24. The molecular weight excluding hydrogens is 138 g/mol. The van der Waals surface area contributed by atoms with Gasteiger partial charge in [-0.25, -0.2) is 9.97 Å². The fourth-order valence-corrected chi connectivity index (χ4v) is 0.859. The average molecular weight is 151 g/mol. The Morgan fingerprint density at radius 2 is 2.45 bits per heavy atom. The summed E-state index contributed by atoms with van der Waals surface area (Å²) in [4.78, 5) is 7.94. The van der Waals surface area contributed by atoms with Crippen LogP contribution in [0.5, 0.6) is 0 Å². The number of hydrogen-bond donors (Lipinski definition) is 1. The summed E-state index contributed by atoms with van der Waals surface area (Å²) in [5.41, 5.74) is 1.10. The maximum absolute atomic E-state index is 4.10. The molecule has 1 aromatic heterocycles. The van der Waals surface area contributed by atoms with Crippen LogP contribution in [0.1, 0.15) is 12.6 Å². The van der Waals surface area contributed by atoms with Crippen LogP contribution in [0.25, 0.3) is 0 Å². The van der Waals surface area contributed by atoms with Crippen molar-refractivity contribution >= 4 is 0 Å². The highest BCUT2D eigenvalue weighted by molar-refractivity contribution is 4.97. The number of likely N-dealkylation sites (N-methyl/N-ethyl adjacent to an activating group) is 1. The highest BCUT2D eigenvalue weighted by Gasteiger charge is 1.90. The zero-order chi connectivity index (χ0) is 7.94. The van der Waals surface area contributed by atoms with Crippen LogP contribution < -0.4 is 5.32 Å². The van der Waals surface area contributed by atoms with Crippen molar-refractivity contribution in [3.63, 3.8) is 0 Å². The molecule has 1 aromatic rings. The van der Waals surface area contributed by atoms with Gasteiger partial charge in [0.25, 0.3) is 0 Å². The molecule has 0 unspecified atom stereocenters. The standard InChI is InChI=1S/C8H13N3/c1-2-9-5-3-8-4-6-10-7-11-8/h4,6-7,9H,2-3,5H2,1H3. The van der Waals surface area contributed by atoms with Crippen molar-refractivity contribution in [3.05, 3.63) is 24.3 Å². The van der Waals surface area contributed by atoms with Gasteiger partial charge in [0.2, 0.25) is 0 Å². The lowest BCUT2D eigenvalue weighted by molar-refractivity contribution is 0.706. The molecule has 0 atom stereocenters. The zero-order valence-corrected chi connectivity index (χ0v) is 6.75. The number of nitrogens with zero attached hydrogens (tertiary/aromatic N) is 2. The Bertz CT molecular complexity index is 186. The van der Waals surface area contributed by atoms with Gasteiger partial charge in [-0.05, 0) is 12.6 Å². The van der Waals surface area contributed by atoms with E-state index in [0.717, 1.165) is 25.2 Å². The van der Waals surface area contributed by atoms with E-state index in [0.29, 0.717) is 0 Å². The third-order valence-corrected chi connectivity index (χ3v) is 1.45. The van der Waals surface area contributed by atoms with E-state index in [-0.39, 0.29) is 0 Å². The molecule has 0 spiro atoms. The predicted molar refractivity (Wildman–Crippen MR) is 44.3 cm³/mol. The monoisotopic (exact) mass is 151 g/mol. The van der Waals surface area contributed by atoms with Crippen molar-refractivity contribution in [2.45, 2.75) is 13.3 Å². The van der Waals surface area contributed by atoms with Gasteiger partial charge in [-0.2, -0.15) is 0 Å². The normalized spacial score (nSPS) is 9.91. The second kappa shape index (κ2) is 4.79. The molecule has 0 saturated carbocycles. The van der Waals surface area contributed by atoms with Crippen LogP contribution in [0.4, 0.5) is 0 Å². The Balaban J connectivity index is 2.28. The third kappa shape index (κ3) is 3.09. The van der Waals surface area contributed by atoms with Crippen LogP contribution in [0.15, 0.2) is 18.6 Å². The van der Waals surface area contributed by atoms with E-state index in [4.69, 9.17) is 0 Å². The van der Waals surface area contributed by atoms with Gasteiger partial charge in [0.05, 0.1) is 0 Å². The first kappa shape index (κ1) is 8.14. The zero-order valence-electron chi connectivity index (χ0n) is 6.75. The number of aromatic nitrogens is 2. The van der Waals surface area contributed by atoms with Gasteiger partial charge >= 0.3 is 0 Å². The van der Waals surface area contributed by atoms with E-state index in [1.54, 1.807) is 12.5 Å². The van der Waals surface area contributed by atoms with Gasteiger partial charge in [0, 0.05) is 24.9 Å². The lowest BCUT2D eigenvalue weighted by Gasteiger charge is -1.99. The van der Waals surface area contributed by atoms with E-state index in [9.17, 15) is 0 Å². The fraction of sp³-hybridized carbons (Fsp3) is 0.500. The minimum Gasteiger partial charge on any atom is -0.317 e. The molecule has 1 rings (SSSR count). The van der Waals surface area contributed by atoms with E-state index < -0.39 is 0 Å². The highest BCUT2D eigenvalue weighted by atomic mass is 14.9. The molecule has 0 radical (unpaired) electrons. The lowest BCUT2D eigenvalue weighted by Crippen LogP contribution is -2.16. The minimum atomic E-state index is 0.982. The summed E-state index contributed by atoms with van der Waals surface area (Å²) >= 11 is 0. The summed E-state index contributed by atoms with van der Waals surface area (Å²) in [6.07, 6.45) is 4.34. The molecule has 11 heavy (non-hydrogen) atoms. The molecule has 3 heteroatoms. The molecule has 0 bridgehead atoms. The molecule has 0 aliphatic rings. The molecule has 1 heterocycles. The molecular formula is C8H13N3. The Morgan fingerprint density at radius 3 is 3.09 bits per heavy atom. The highest BCUT2D eigenvalue weighted by Crippen LogP contribution is 1.90. The van der Waals surface area contributed by atoms with Crippen LogP contribution in [0.2, 0.25) is 0 Å². The van der Waals surface area contributed by atoms with Crippen molar-refractivity contribution in [3.8, 4) is 0 Å². The van der Waals surface area contributed by atoms with Crippen LogP contribution in [0.3, 0.4) is 0 Å². The SMILES string of the molecule is CCNCCc1ccncn1. The Morgan fingerprint density at radius 1 is 1.55 bits per heavy atom. The van der Waals surface area contributed by atoms with Crippen LogP contribution >= 0.6 is 0 Å². The van der Waals surface area contributed by atoms with Gasteiger partial charge in [0.1, 0.15) is 6.33 Å². The maximum atomic E-state index is 4.10. The summed E-state index contributed by atoms with van der Waals surface area (Å²) in [7, 11) is 0. The summed E-state index contributed by atoms with van der Waals surface area (Å²) < 4.78 is 0. The Kier molecular flexibility index (Phi) is 3.55. The van der Waals surface area contributed by atoms with E-state index >= 15 is 0 Å². The largest absolute Gasteiger partial charge is 0.317 e. The molecule has 0 saturated heterocycles. The summed E-state index contributed by atoms with van der Waals surface area (Å²) in [5.74, 6) is 0. The van der Waals surface area contributed by atoms with Gasteiger partial charge in [0.15, 0.2) is 0 Å². The Labute approximate surface area is 66.9 Å². The lowest BCUT2D eigenvalue weighted by atomic mass is 10.3. The molecule has 0 aliphatic heterocycles. The van der Waals surface area contributed by atoms with Crippen molar-refractivity contribution in [2.24, 2.45) is 0 Å².